The van der Waals surface area contributed by atoms with Gasteiger partial charge in [0.25, 0.3) is 11.1 Å². The first kappa shape index (κ1) is 40.0. The van der Waals surface area contributed by atoms with E-state index in [1.54, 1.807) is 29.9 Å². The number of H-pyrrole nitrogens is 1. The molecule has 4 aromatic heterocycles. The van der Waals surface area contributed by atoms with Gasteiger partial charge in [-0.15, -0.1) is 22.7 Å². The molecule has 0 atom stereocenters. The monoisotopic (exact) mass is 922 g/mol. The molecule has 6 rings (SSSR count). The van der Waals surface area contributed by atoms with E-state index in [0.717, 1.165) is 19.8 Å². The highest BCUT2D eigenvalue weighted by Gasteiger charge is 2.25. The van der Waals surface area contributed by atoms with Crippen LogP contribution in [0.15, 0.2) is 90.0 Å². The lowest BCUT2D eigenvalue weighted by molar-refractivity contribution is 0.0515. The molecule has 0 amide bonds. The summed E-state index contributed by atoms with van der Waals surface area (Å²) in [6, 6.07) is 19.5. The van der Waals surface area contributed by atoms with Gasteiger partial charge in [0.15, 0.2) is 5.75 Å². The third kappa shape index (κ3) is 9.77. The number of fused-ring (bicyclic) bond motifs is 2. The average molecular weight is 926 g/mol. The Kier molecular flexibility index (Phi) is 15.1. The van der Waals surface area contributed by atoms with E-state index < -0.39 is 17.5 Å². The van der Waals surface area contributed by atoms with Crippen molar-refractivity contribution in [2.75, 3.05) is 27.4 Å². The van der Waals surface area contributed by atoms with Gasteiger partial charge in [-0.25, -0.2) is 9.59 Å². The SMILES string of the molecule is BrCc1cccc(Br)c1.CCOC(=O)c1c(OC)c(=O)[nH]c2ccsc12.CCOC(=O)c1c(OC)c(=O)n(Cc2cccc(Br)c2)c2ccsc12. The Morgan fingerprint density at radius 3 is 1.86 bits per heavy atom. The number of rotatable bonds is 9. The van der Waals surface area contributed by atoms with Crippen LogP contribution in [-0.2, 0) is 21.3 Å². The highest BCUT2D eigenvalue weighted by atomic mass is 79.9. The lowest BCUT2D eigenvalue weighted by atomic mass is 10.2. The van der Waals surface area contributed by atoms with Crippen LogP contribution in [0.5, 0.6) is 11.5 Å². The molecule has 4 heterocycles. The van der Waals surface area contributed by atoms with E-state index in [1.807, 2.05) is 47.8 Å². The summed E-state index contributed by atoms with van der Waals surface area (Å²) in [5, 5.41) is 4.57. The molecule has 0 radical (unpaired) electrons. The number of pyridine rings is 2. The fraction of sp³-hybridized carbons (Fsp3) is 0.222. The Morgan fingerprint density at radius 2 is 1.31 bits per heavy atom. The minimum Gasteiger partial charge on any atom is -0.490 e. The van der Waals surface area contributed by atoms with Crippen LogP contribution in [0, 0.1) is 0 Å². The van der Waals surface area contributed by atoms with Crippen molar-refractivity contribution in [1.29, 1.82) is 0 Å². The summed E-state index contributed by atoms with van der Waals surface area (Å²) >= 11 is 12.9. The van der Waals surface area contributed by atoms with Gasteiger partial charge in [-0.1, -0.05) is 72.1 Å². The third-order valence-electron chi connectivity index (χ3n) is 7.04. The highest BCUT2D eigenvalue weighted by molar-refractivity contribution is 9.10. The van der Waals surface area contributed by atoms with Crippen LogP contribution in [0.1, 0.15) is 45.7 Å². The molecule has 0 aliphatic rings. The van der Waals surface area contributed by atoms with Crippen LogP contribution in [0.25, 0.3) is 20.4 Å². The van der Waals surface area contributed by atoms with Gasteiger partial charge in [-0.3, -0.25) is 14.2 Å². The largest absolute Gasteiger partial charge is 0.490 e. The van der Waals surface area contributed by atoms with E-state index in [4.69, 9.17) is 18.9 Å². The fourth-order valence-electron chi connectivity index (χ4n) is 4.90. The van der Waals surface area contributed by atoms with E-state index in [9.17, 15) is 19.2 Å². The Labute approximate surface area is 326 Å². The number of ether oxygens (including phenoxy) is 4. The van der Waals surface area contributed by atoms with Crippen LogP contribution >= 0.6 is 70.5 Å². The van der Waals surface area contributed by atoms with Crippen molar-refractivity contribution in [1.82, 2.24) is 9.55 Å². The van der Waals surface area contributed by atoms with Crippen molar-refractivity contribution >= 4 is 103 Å². The second-order valence-corrected chi connectivity index (χ2v) is 14.5. The molecule has 268 valence electrons. The molecule has 1 N–H and O–H groups in total. The number of thiophene rings is 2. The minimum atomic E-state index is -0.543. The van der Waals surface area contributed by atoms with E-state index in [-0.39, 0.29) is 41.4 Å². The Bertz CT molecular complexity index is 2260. The summed E-state index contributed by atoms with van der Waals surface area (Å²) in [4.78, 5) is 51.5. The number of esters is 2. The molecular weight excluding hydrogens is 892 g/mol. The molecule has 2 aromatic carbocycles. The van der Waals surface area contributed by atoms with Crippen LogP contribution in [-0.4, -0.2) is 48.9 Å². The number of nitrogens with one attached hydrogen (secondary N) is 1. The second-order valence-electron chi connectivity index (χ2n) is 10.3. The molecular formula is C36H33Br3N2O8S2. The number of aromatic nitrogens is 2. The van der Waals surface area contributed by atoms with Crippen molar-refractivity contribution in [3.05, 3.63) is 123 Å². The summed E-state index contributed by atoms with van der Waals surface area (Å²) in [5.74, 6) is -1.07. The zero-order chi connectivity index (χ0) is 37.1. The number of aromatic amines is 1. The molecule has 0 bridgehead atoms. The first-order chi connectivity index (χ1) is 24.6. The number of methoxy groups -OCH3 is 2. The van der Waals surface area contributed by atoms with Gasteiger partial charge in [0.1, 0.15) is 11.1 Å². The van der Waals surface area contributed by atoms with Crippen molar-refractivity contribution in [3.63, 3.8) is 0 Å². The number of carbonyl (C=O) groups excluding carboxylic acids is 2. The van der Waals surface area contributed by atoms with Crippen molar-refractivity contribution in [2.24, 2.45) is 0 Å². The van der Waals surface area contributed by atoms with Crippen LogP contribution in [0.3, 0.4) is 0 Å². The Hall–Kier alpha value is -3.76. The predicted molar refractivity (Wildman–Crippen MR) is 214 cm³/mol. The summed E-state index contributed by atoms with van der Waals surface area (Å²) in [5.41, 5.74) is 3.19. The normalized spacial score (nSPS) is 10.5. The van der Waals surface area contributed by atoms with Crippen molar-refractivity contribution in [3.8, 4) is 11.5 Å². The number of halogens is 3. The Morgan fingerprint density at radius 1 is 0.765 bits per heavy atom. The van der Waals surface area contributed by atoms with Crippen molar-refractivity contribution < 1.29 is 28.5 Å². The van der Waals surface area contributed by atoms with Gasteiger partial charge >= 0.3 is 11.9 Å². The maximum atomic E-state index is 13.0. The number of hydrogen-bond donors (Lipinski definition) is 1. The predicted octanol–water partition coefficient (Wildman–Crippen LogP) is 9.18. The lowest BCUT2D eigenvalue weighted by Crippen LogP contribution is -2.25. The molecule has 10 nitrogen and oxygen atoms in total. The smallest absolute Gasteiger partial charge is 0.343 e. The minimum absolute atomic E-state index is 0.00148. The van der Waals surface area contributed by atoms with Crippen molar-refractivity contribution in [2.45, 2.75) is 25.7 Å². The van der Waals surface area contributed by atoms with Gasteiger partial charge < -0.3 is 23.9 Å². The maximum absolute atomic E-state index is 13.0. The van der Waals surface area contributed by atoms with Gasteiger partial charge in [-0.05, 0) is 72.1 Å². The van der Waals surface area contributed by atoms with E-state index >= 15 is 0 Å². The quantitative estimate of drug-likeness (QED) is 0.113. The zero-order valence-corrected chi connectivity index (χ0v) is 34.3. The lowest BCUT2D eigenvalue weighted by Gasteiger charge is -2.14. The van der Waals surface area contributed by atoms with Gasteiger partial charge in [0, 0.05) is 14.3 Å². The van der Waals surface area contributed by atoms with Crippen LogP contribution in [0.4, 0.5) is 0 Å². The molecule has 0 fully saturated rings. The number of nitrogens with zero attached hydrogens (tertiary/aromatic N) is 1. The Balaban J connectivity index is 0.000000192. The second kappa shape index (κ2) is 19.2. The molecule has 0 aliphatic carbocycles. The molecule has 6 aromatic rings. The first-order valence-electron chi connectivity index (χ1n) is 15.3. The topological polar surface area (TPSA) is 126 Å². The van der Waals surface area contributed by atoms with E-state index in [2.05, 4.69) is 64.9 Å². The first-order valence-corrected chi connectivity index (χ1v) is 19.8. The van der Waals surface area contributed by atoms with E-state index in [1.165, 1.54) is 42.5 Å². The molecule has 0 aliphatic heterocycles. The molecule has 51 heavy (non-hydrogen) atoms. The van der Waals surface area contributed by atoms with Crippen LogP contribution < -0.4 is 20.6 Å². The summed E-state index contributed by atoms with van der Waals surface area (Å²) in [7, 11) is 2.75. The summed E-state index contributed by atoms with van der Waals surface area (Å²) in [6.45, 7) is 4.30. The summed E-state index contributed by atoms with van der Waals surface area (Å²) in [6.07, 6.45) is 0. The molecule has 0 saturated heterocycles. The van der Waals surface area contributed by atoms with Crippen LogP contribution in [0.2, 0.25) is 0 Å². The maximum Gasteiger partial charge on any atom is 0.343 e. The number of carbonyl (C=O) groups is 2. The summed E-state index contributed by atoms with van der Waals surface area (Å²) < 4.78 is 25.4. The standard InChI is InChI=1S/C18H16BrNO4S.C11H11NO4S.C7H6Br2/c1-3-24-18(22)14-15(23-2)17(21)20(13-7-8-25-16(13)14)10-11-5-4-6-12(19)9-11;1-3-16-11(14)7-8(15-2)10(13)12-6-4-5-17-9(6)7;8-5-6-2-1-3-7(9)4-6/h4-9H,3,10H2,1-2H3;4-5H,3H2,1-2H3,(H,12,13);1-4H,5H2. The van der Waals surface area contributed by atoms with Gasteiger partial charge in [0.05, 0.1) is 54.4 Å². The third-order valence-corrected chi connectivity index (χ3v) is 10.5. The molecule has 15 heteroatoms. The number of alkyl halides is 1. The molecule has 0 spiro atoms. The number of benzene rings is 2. The number of hydrogen-bond acceptors (Lipinski definition) is 10. The molecule has 0 saturated carbocycles. The van der Waals surface area contributed by atoms with Gasteiger partial charge in [-0.2, -0.15) is 0 Å². The van der Waals surface area contributed by atoms with Gasteiger partial charge in [0.2, 0.25) is 5.75 Å². The average Bonchev–Trinajstić information content (AvgIpc) is 3.79. The fourth-order valence-corrected chi connectivity index (χ4v) is 7.95. The zero-order valence-electron chi connectivity index (χ0n) is 27.9. The van der Waals surface area contributed by atoms with E-state index in [0.29, 0.717) is 27.0 Å². The molecule has 0 unspecified atom stereocenters. The highest BCUT2D eigenvalue weighted by Crippen LogP contribution is 2.31.